The minimum absolute atomic E-state index is 0.220. The average molecular weight is 319 g/mol. The van der Waals surface area contributed by atoms with Gasteiger partial charge < -0.3 is 9.84 Å². The summed E-state index contributed by atoms with van der Waals surface area (Å²) in [5.74, 6) is 0.371. The summed E-state index contributed by atoms with van der Waals surface area (Å²) in [6.07, 6.45) is 0.801. The van der Waals surface area contributed by atoms with Gasteiger partial charge in [-0.25, -0.2) is 4.79 Å². The largest absolute Gasteiger partial charge is 0.494 e. The predicted molar refractivity (Wildman–Crippen MR) is 84.9 cm³/mol. The molecular weight excluding hydrogens is 304 g/mol. The molecule has 2 aromatic rings. The topological polar surface area (TPSA) is 71.2 Å². The van der Waals surface area contributed by atoms with E-state index in [1.54, 1.807) is 24.3 Å². The van der Waals surface area contributed by atoms with Gasteiger partial charge in [0.05, 0.1) is 23.5 Å². The molecule has 0 aromatic heterocycles. The van der Waals surface area contributed by atoms with Gasteiger partial charge in [0.15, 0.2) is 0 Å². The van der Waals surface area contributed by atoms with Crippen LogP contribution in [0.3, 0.4) is 0 Å². The summed E-state index contributed by atoms with van der Waals surface area (Å²) in [7, 11) is 0. The van der Waals surface area contributed by atoms with E-state index in [4.69, 9.17) is 21.4 Å². The second kappa shape index (κ2) is 8.14. The van der Waals surface area contributed by atoms with Crippen LogP contribution in [0.15, 0.2) is 58.8 Å². The summed E-state index contributed by atoms with van der Waals surface area (Å²) < 4.78 is 5.49. The lowest BCUT2D eigenvalue weighted by Gasteiger charge is -2.04. The minimum atomic E-state index is -0.965. The maximum atomic E-state index is 10.7. The summed E-state index contributed by atoms with van der Waals surface area (Å²) in [4.78, 5) is 10.7. The summed E-state index contributed by atoms with van der Waals surface area (Å²) in [6.45, 7) is 0.584. The van der Waals surface area contributed by atoms with Crippen molar-refractivity contribution in [3.63, 3.8) is 0 Å². The van der Waals surface area contributed by atoms with Crippen LogP contribution in [0, 0.1) is 0 Å². The van der Waals surface area contributed by atoms with Crippen molar-refractivity contribution in [2.75, 3.05) is 12.5 Å². The maximum absolute atomic E-state index is 10.7. The van der Waals surface area contributed by atoms with E-state index >= 15 is 0 Å². The first-order valence-corrected chi connectivity index (χ1v) is 7.26. The van der Waals surface area contributed by atoms with Crippen LogP contribution in [0.25, 0.3) is 0 Å². The third-order valence-electron chi connectivity index (χ3n) is 2.78. The Hall–Kier alpha value is -2.40. The molecule has 5 nitrogen and oxygen atoms in total. The molecule has 0 unspecified atom stereocenters. The SMILES string of the molecule is O=C(O)c1ccc(/N=N/c2ccc(OCCCCl)cc2)cc1. The monoisotopic (exact) mass is 318 g/mol. The molecule has 0 atom stereocenters. The molecule has 0 heterocycles. The summed E-state index contributed by atoms with van der Waals surface area (Å²) in [6, 6.07) is 13.4. The zero-order valence-corrected chi connectivity index (χ0v) is 12.5. The number of aromatic carboxylic acids is 1. The molecule has 0 radical (unpaired) electrons. The highest BCUT2D eigenvalue weighted by Crippen LogP contribution is 2.21. The van der Waals surface area contributed by atoms with Gasteiger partial charge in [0.1, 0.15) is 5.75 Å². The Morgan fingerprint density at radius 3 is 2.05 bits per heavy atom. The van der Waals surface area contributed by atoms with Crippen molar-refractivity contribution in [2.45, 2.75) is 6.42 Å². The smallest absolute Gasteiger partial charge is 0.335 e. The van der Waals surface area contributed by atoms with E-state index in [0.717, 1.165) is 12.2 Å². The fraction of sp³-hybridized carbons (Fsp3) is 0.188. The highest BCUT2D eigenvalue weighted by atomic mass is 35.5. The number of carboxylic acids is 1. The number of halogens is 1. The quantitative estimate of drug-likeness (QED) is 0.452. The van der Waals surface area contributed by atoms with E-state index in [1.165, 1.54) is 12.1 Å². The molecule has 0 saturated heterocycles. The van der Waals surface area contributed by atoms with E-state index < -0.39 is 5.97 Å². The number of rotatable bonds is 7. The number of benzene rings is 2. The molecule has 0 bridgehead atoms. The molecule has 0 amide bonds. The van der Waals surface area contributed by atoms with Crippen LogP contribution in [0.4, 0.5) is 11.4 Å². The van der Waals surface area contributed by atoms with Gasteiger partial charge >= 0.3 is 5.97 Å². The van der Waals surface area contributed by atoms with E-state index in [0.29, 0.717) is 23.9 Å². The predicted octanol–water partition coefficient (Wildman–Crippen LogP) is 4.81. The molecule has 114 valence electrons. The number of carboxylic acid groups (broad SMARTS) is 1. The van der Waals surface area contributed by atoms with Crippen molar-refractivity contribution in [3.8, 4) is 5.75 Å². The molecular formula is C16H15ClN2O3. The van der Waals surface area contributed by atoms with E-state index in [-0.39, 0.29) is 5.56 Å². The molecule has 0 aliphatic carbocycles. The number of hydrogen-bond acceptors (Lipinski definition) is 4. The Balaban J connectivity index is 1.96. The Morgan fingerprint density at radius 1 is 1.00 bits per heavy atom. The molecule has 2 aromatic carbocycles. The minimum Gasteiger partial charge on any atom is -0.494 e. The van der Waals surface area contributed by atoms with Crippen LogP contribution < -0.4 is 4.74 Å². The zero-order valence-electron chi connectivity index (χ0n) is 11.8. The number of alkyl halides is 1. The highest BCUT2D eigenvalue weighted by Gasteiger charge is 2.01. The first-order valence-electron chi connectivity index (χ1n) is 6.73. The van der Waals surface area contributed by atoms with Crippen molar-refractivity contribution in [3.05, 3.63) is 54.1 Å². The number of azo groups is 1. The lowest BCUT2D eigenvalue weighted by molar-refractivity contribution is 0.0697. The van der Waals surface area contributed by atoms with Gasteiger partial charge in [-0.1, -0.05) is 0 Å². The van der Waals surface area contributed by atoms with E-state index in [1.807, 2.05) is 12.1 Å². The number of ether oxygens (including phenoxy) is 1. The lowest BCUT2D eigenvalue weighted by atomic mass is 10.2. The summed E-state index contributed by atoms with van der Waals surface area (Å²) in [5, 5.41) is 17.0. The highest BCUT2D eigenvalue weighted by molar-refractivity contribution is 6.17. The van der Waals surface area contributed by atoms with Crippen LogP contribution in [0.5, 0.6) is 5.75 Å². The van der Waals surface area contributed by atoms with Gasteiger partial charge in [0, 0.05) is 5.88 Å². The molecule has 0 saturated carbocycles. The van der Waals surface area contributed by atoms with Crippen LogP contribution in [0.2, 0.25) is 0 Å². The fourth-order valence-corrected chi connectivity index (χ4v) is 1.75. The molecule has 0 spiro atoms. The second-order valence-electron chi connectivity index (χ2n) is 4.44. The van der Waals surface area contributed by atoms with Gasteiger partial charge in [-0.05, 0) is 55.0 Å². The number of carbonyl (C=O) groups is 1. The Morgan fingerprint density at radius 2 is 1.55 bits per heavy atom. The first kappa shape index (κ1) is 16.0. The van der Waals surface area contributed by atoms with Crippen molar-refractivity contribution in [1.82, 2.24) is 0 Å². The van der Waals surface area contributed by atoms with Crippen molar-refractivity contribution in [1.29, 1.82) is 0 Å². The Bertz CT molecular complexity index is 639. The van der Waals surface area contributed by atoms with Gasteiger partial charge in [-0.3, -0.25) is 0 Å². The second-order valence-corrected chi connectivity index (χ2v) is 4.81. The Labute approximate surface area is 133 Å². The average Bonchev–Trinajstić information content (AvgIpc) is 2.55. The first-order chi connectivity index (χ1) is 10.7. The normalized spacial score (nSPS) is 10.8. The van der Waals surface area contributed by atoms with Crippen molar-refractivity contribution >= 4 is 28.9 Å². The van der Waals surface area contributed by atoms with E-state index in [2.05, 4.69) is 10.2 Å². The van der Waals surface area contributed by atoms with E-state index in [9.17, 15) is 4.79 Å². The molecule has 1 N–H and O–H groups in total. The van der Waals surface area contributed by atoms with Crippen LogP contribution in [0.1, 0.15) is 16.8 Å². The fourth-order valence-electron chi connectivity index (χ4n) is 1.64. The van der Waals surface area contributed by atoms with Gasteiger partial charge in [-0.2, -0.15) is 10.2 Å². The lowest BCUT2D eigenvalue weighted by Crippen LogP contribution is -1.97. The van der Waals surface area contributed by atoms with Crippen LogP contribution in [-0.4, -0.2) is 23.6 Å². The molecule has 22 heavy (non-hydrogen) atoms. The van der Waals surface area contributed by atoms with Crippen LogP contribution in [-0.2, 0) is 0 Å². The molecule has 2 rings (SSSR count). The third kappa shape index (κ3) is 4.86. The molecule has 6 heteroatoms. The number of hydrogen-bond donors (Lipinski definition) is 1. The van der Waals surface area contributed by atoms with Gasteiger partial charge in [0.25, 0.3) is 0 Å². The zero-order chi connectivity index (χ0) is 15.8. The number of nitrogens with zero attached hydrogens (tertiary/aromatic N) is 2. The van der Waals surface area contributed by atoms with Crippen molar-refractivity contribution < 1.29 is 14.6 Å². The Kier molecular flexibility index (Phi) is 5.91. The molecule has 0 aliphatic rings. The molecule has 0 fully saturated rings. The van der Waals surface area contributed by atoms with Gasteiger partial charge in [-0.15, -0.1) is 11.6 Å². The van der Waals surface area contributed by atoms with Crippen LogP contribution >= 0.6 is 11.6 Å². The molecule has 0 aliphatic heterocycles. The summed E-state index contributed by atoms with van der Waals surface area (Å²) in [5.41, 5.74) is 1.50. The van der Waals surface area contributed by atoms with Gasteiger partial charge in [0.2, 0.25) is 0 Å². The maximum Gasteiger partial charge on any atom is 0.335 e. The third-order valence-corrected chi connectivity index (χ3v) is 3.05. The summed E-state index contributed by atoms with van der Waals surface area (Å²) >= 11 is 5.58. The standard InChI is InChI=1S/C16H15ClN2O3/c17-10-1-11-22-15-8-6-14(7-9-15)19-18-13-4-2-12(3-5-13)16(20)21/h2-9H,1,10-11H2,(H,20,21)/b19-18+. The van der Waals surface area contributed by atoms with Crippen molar-refractivity contribution in [2.24, 2.45) is 10.2 Å².